The van der Waals surface area contributed by atoms with Gasteiger partial charge in [-0.3, -0.25) is 9.59 Å². The van der Waals surface area contributed by atoms with Gasteiger partial charge >= 0.3 is 5.97 Å². The molecule has 0 bridgehead atoms. The maximum Gasteiger partial charge on any atom is 0.306 e. The summed E-state index contributed by atoms with van der Waals surface area (Å²) in [5, 5.41) is -0.633. The van der Waals surface area contributed by atoms with Crippen molar-refractivity contribution in [3.8, 4) is 0 Å². The van der Waals surface area contributed by atoms with Gasteiger partial charge in [-0.25, -0.2) is 0 Å². The molecule has 15 heavy (non-hydrogen) atoms. The molecule has 0 radical (unpaired) electrons. The van der Waals surface area contributed by atoms with Crippen molar-refractivity contribution in [3.63, 3.8) is 0 Å². The fourth-order valence-corrected chi connectivity index (χ4v) is 1.31. The van der Waals surface area contributed by atoms with Gasteiger partial charge in [0.05, 0.1) is 0 Å². The number of rotatable bonds is 9. The van der Waals surface area contributed by atoms with E-state index in [1.54, 1.807) is 0 Å². The lowest BCUT2D eigenvalue weighted by Crippen LogP contribution is -2.09. The normalized spacial score (nSPS) is 10.0. The van der Waals surface area contributed by atoms with Crippen molar-refractivity contribution < 1.29 is 14.3 Å². The van der Waals surface area contributed by atoms with E-state index in [2.05, 4.69) is 11.7 Å². The fourth-order valence-electron chi connectivity index (χ4n) is 1.26. The number of carbonyl (C=O) groups is 2. The maximum atomic E-state index is 11.0. The Balaban J connectivity index is 3.20. The summed E-state index contributed by atoms with van der Waals surface area (Å²) in [4.78, 5) is 21.3. The van der Waals surface area contributed by atoms with Gasteiger partial charge in [-0.05, 0) is 18.0 Å². The van der Waals surface area contributed by atoms with Crippen LogP contribution in [-0.4, -0.2) is 17.8 Å². The van der Waals surface area contributed by atoms with Crippen molar-refractivity contribution in [2.45, 2.75) is 51.9 Å². The molecule has 0 spiro atoms. The van der Waals surface area contributed by atoms with E-state index in [0.29, 0.717) is 6.42 Å². The third-order valence-electron chi connectivity index (χ3n) is 2.08. The molecule has 0 rings (SSSR count). The number of halogens is 1. The standard InChI is InChI=1S/C11H19ClO3/c1-2-3-4-5-6-7-8-11(14)15-9-10(12)13/h2-9H2,1H3. The number of esters is 1. The van der Waals surface area contributed by atoms with Crippen molar-refractivity contribution in [3.05, 3.63) is 0 Å². The Kier molecular flexibility index (Phi) is 9.59. The second-order valence-corrected chi connectivity index (χ2v) is 3.96. The molecular formula is C11H19ClO3. The minimum atomic E-state index is -0.633. The lowest BCUT2D eigenvalue weighted by atomic mass is 10.1. The summed E-state index contributed by atoms with van der Waals surface area (Å²) >= 11 is 5.02. The molecule has 88 valence electrons. The van der Waals surface area contributed by atoms with E-state index >= 15 is 0 Å². The average molecular weight is 235 g/mol. The number of ether oxygens (including phenoxy) is 1. The number of hydrogen-bond acceptors (Lipinski definition) is 3. The van der Waals surface area contributed by atoms with E-state index in [4.69, 9.17) is 11.6 Å². The third-order valence-corrected chi connectivity index (χ3v) is 2.19. The van der Waals surface area contributed by atoms with Crippen LogP contribution in [-0.2, 0) is 14.3 Å². The summed E-state index contributed by atoms with van der Waals surface area (Å²) in [6.45, 7) is 1.86. The zero-order valence-corrected chi connectivity index (χ0v) is 10.0. The first-order valence-electron chi connectivity index (χ1n) is 5.50. The summed E-state index contributed by atoms with van der Waals surface area (Å²) < 4.78 is 4.61. The van der Waals surface area contributed by atoms with Crippen molar-refractivity contribution in [1.82, 2.24) is 0 Å². The van der Waals surface area contributed by atoms with E-state index in [-0.39, 0.29) is 12.6 Å². The van der Waals surface area contributed by atoms with Crippen LogP contribution in [0.1, 0.15) is 51.9 Å². The first-order chi connectivity index (χ1) is 7.16. The first kappa shape index (κ1) is 14.4. The second kappa shape index (κ2) is 9.97. The molecule has 0 aliphatic rings. The molecule has 0 aromatic rings. The summed E-state index contributed by atoms with van der Waals surface area (Å²) in [6.07, 6.45) is 7.13. The molecule has 0 aromatic heterocycles. The van der Waals surface area contributed by atoms with Crippen LogP contribution in [0.4, 0.5) is 0 Å². The monoisotopic (exact) mass is 234 g/mol. The van der Waals surface area contributed by atoms with Crippen molar-refractivity contribution in [2.75, 3.05) is 6.61 Å². The van der Waals surface area contributed by atoms with Crippen LogP contribution >= 0.6 is 11.6 Å². The van der Waals surface area contributed by atoms with Gasteiger partial charge in [-0.1, -0.05) is 39.0 Å². The van der Waals surface area contributed by atoms with E-state index in [0.717, 1.165) is 19.3 Å². The summed E-state index contributed by atoms with van der Waals surface area (Å²) in [6, 6.07) is 0. The molecule has 0 amide bonds. The Morgan fingerprint density at radius 3 is 2.27 bits per heavy atom. The average Bonchev–Trinajstić information content (AvgIpc) is 2.20. The zero-order chi connectivity index (χ0) is 11.5. The SMILES string of the molecule is CCCCCCCCC(=O)OCC(=O)Cl. The van der Waals surface area contributed by atoms with Crippen molar-refractivity contribution >= 4 is 22.8 Å². The van der Waals surface area contributed by atoms with Gasteiger partial charge in [0.25, 0.3) is 5.24 Å². The fraction of sp³-hybridized carbons (Fsp3) is 0.818. The molecule has 4 heteroatoms. The third kappa shape index (κ3) is 11.4. The van der Waals surface area contributed by atoms with E-state index < -0.39 is 5.24 Å². The van der Waals surface area contributed by atoms with Gasteiger partial charge < -0.3 is 4.74 Å². The van der Waals surface area contributed by atoms with Gasteiger partial charge in [0, 0.05) is 6.42 Å². The molecule has 0 aromatic carbocycles. The first-order valence-corrected chi connectivity index (χ1v) is 5.88. The molecule has 0 N–H and O–H groups in total. The zero-order valence-electron chi connectivity index (χ0n) is 9.26. The Labute approximate surface area is 96.1 Å². The quantitative estimate of drug-likeness (QED) is 0.350. The summed E-state index contributed by atoms with van der Waals surface area (Å²) in [5.74, 6) is -0.334. The van der Waals surface area contributed by atoms with Crippen LogP contribution in [0.5, 0.6) is 0 Å². The van der Waals surface area contributed by atoms with E-state index in [1.165, 1.54) is 19.3 Å². The highest BCUT2D eigenvalue weighted by Gasteiger charge is 2.04. The van der Waals surface area contributed by atoms with Crippen LogP contribution in [0.15, 0.2) is 0 Å². The Morgan fingerprint density at radius 1 is 1.07 bits per heavy atom. The Hall–Kier alpha value is -0.570. The highest BCUT2D eigenvalue weighted by atomic mass is 35.5. The van der Waals surface area contributed by atoms with Crippen molar-refractivity contribution in [1.29, 1.82) is 0 Å². The predicted molar refractivity (Wildman–Crippen MR) is 59.8 cm³/mol. The van der Waals surface area contributed by atoms with Crippen LogP contribution < -0.4 is 0 Å². The van der Waals surface area contributed by atoms with Crippen LogP contribution in [0.25, 0.3) is 0 Å². The molecule has 0 atom stereocenters. The molecule has 0 unspecified atom stereocenters. The van der Waals surface area contributed by atoms with Crippen LogP contribution in [0.3, 0.4) is 0 Å². The Bertz CT molecular complexity index is 192. The van der Waals surface area contributed by atoms with Gasteiger partial charge in [0.2, 0.25) is 0 Å². The molecule has 0 aliphatic heterocycles. The smallest absolute Gasteiger partial charge is 0.306 e. The maximum absolute atomic E-state index is 11.0. The molecule has 0 fully saturated rings. The van der Waals surface area contributed by atoms with E-state index in [1.807, 2.05) is 0 Å². The highest BCUT2D eigenvalue weighted by molar-refractivity contribution is 6.64. The Morgan fingerprint density at radius 2 is 1.67 bits per heavy atom. The molecule has 0 saturated heterocycles. The molecule has 0 saturated carbocycles. The largest absolute Gasteiger partial charge is 0.456 e. The molecule has 0 heterocycles. The minimum Gasteiger partial charge on any atom is -0.456 e. The summed E-state index contributed by atoms with van der Waals surface area (Å²) in [5.41, 5.74) is 0. The van der Waals surface area contributed by atoms with E-state index in [9.17, 15) is 9.59 Å². The second-order valence-electron chi connectivity index (χ2n) is 3.53. The molecule has 3 nitrogen and oxygen atoms in total. The highest BCUT2D eigenvalue weighted by Crippen LogP contribution is 2.07. The van der Waals surface area contributed by atoms with Gasteiger partial charge in [-0.2, -0.15) is 0 Å². The van der Waals surface area contributed by atoms with Crippen molar-refractivity contribution in [2.24, 2.45) is 0 Å². The van der Waals surface area contributed by atoms with Crippen LogP contribution in [0, 0.1) is 0 Å². The minimum absolute atomic E-state index is 0.309. The van der Waals surface area contributed by atoms with Gasteiger partial charge in [0.1, 0.15) is 0 Å². The number of unbranched alkanes of at least 4 members (excludes halogenated alkanes) is 5. The topological polar surface area (TPSA) is 43.4 Å². The molecule has 0 aliphatic carbocycles. The van der Waals surface area contributed by atoms with Crippen LogP contribution in [0.2, 0.25) is 0 Å². The number of carbonyl (C=O) groups excluding carboxylic acids is 2. The lowest BCUT2D eigenvalue weighted by molar-refractivity contribution is -0.146. The van der Waals surface area contributed by atoms with Gasteiger partial charge in [0.15, 0.2) is 6.61 Å². The predicted octanol–water partition coefficient (Wildman–Crippen LogP) is 3.05. The van der Waals surface area contributed by atoms with Gasteiger partial charge in [-0.15, -0.1) is 0 Å². The molecular weight excluding hydrogens is 216 g/mol. The summed E-state index contributed by atoms with van der Waals surface area (Å²) in [7, 11) is 0. The number of hydrogen-bond donors (Lipinski definition) is 0. The lowest BCUT2D eigenvalue weighted by Gasteiger charge is -2.01.